The standard InChI is InChI=1S/C30H39NO5/c1-18-7-5-6-8-20(18)17-36-31-21-9-11-28(3)24(14-21)19(2)13-22-23-10-12-30(35,26(34)16-32)29(23,4)15-25(33)27(22)28/h5-9,11,14,19,22-23,25,27,32-33,35H,10,12-13,15-17H2,1-4H3/b31-21+/t19-,22-,23-,25-,27+,28-,29-,30-/m0/s1. The molecule has 1 aromatic rings. The Kier molecular flexibility index (Phi) is 6.29. The van der Waals surface area contributed by atoms with Gasteiger partial charge in [-0.05, 0) is 73.6 Å². The van der Waals surface area contributed by atoms with Gasteiger partial charge in [-0.15, -0.1) is 0 Å². The molecule has 1 aromatic carbocycles. The third kappa shape index (κ3) is 3.64. The molecule has 3 fully saturated rings. The number of carbonyl (C=O) groups excluding carboxylic acids is 1. The van der Waals surface area contributed by atoms with Gasteiger partial charge in [0.25, 0.3) is 0 Å². The van der Waals surface area contributed by atoms with Crippen molar-refractivity contribution in [2.75, 3.05) is 6.61 Å². The van der Waals surface area contributed by atoms with Gasteiger partial charge in [0.15, 0.2) is 5.78 Å². The van der Waals surface area contributed by atoms with Crippen molar-refractivity contribution < 1.29 is 25.0 Å². The molecule has 6 heteroatoms. The first-order chi connectivity index (χ1) is 17.0. The molecule has 4 aliphatic rings. The van der Waals surface area contributed by atoms with Gasteiger partial charge >= 0.3 is 0 Å². The van der Waals surface area contributed by atoms with Gasteiger partial charge in [0, 0.05) is 16.7 Å². The second kappa shape index (κ2) is 8.93. The first kappa shape index (κ1) is 25.4. The van der Waals surface area contributed by atoms with E-state index in [0.717, 1.165) is 24.1 Å². The molecule has 194 valence electrons. The molecule has 36 heavy (non-hydrogen) atoms. The van der Waals surface area contributed by atoms with Gasteiger partial charge in [0.05, 0.1) is 6.10 Å². The molecule has 0 aliphatic heterocycles. The first-order valence-electron chi connectivity index (χ1n) is 13.3. The third-order valence-corrected chi connectivity index (χ3v) is 10.2. The highest BCUT2D eigenvalue weighted by molar-refractivity contribution is 6.05. The van der Waals surface area contributed by atoms with Crippen molar-refractivity contribution >= 4 is 11.5 Å². The van der Waals surface area contributed by atoms with Crippen molar-refractivity contribution in [3.05, 3.63) is 59.2 Å². The molecule has 0 amide bonds. The van der Waals surface area contributed by atoms with Gasteiger partial charge in [-0.3, -0.25) is 4.79 Å². The molecule has 8 atom stereocenters. The van der Waals surface area contributed by atoms with E-state index in [2.05, 4.69) is 44.1 Å². The summed E-state index contributed by atoms with van der Waals surface area (Å²) in [7, 11) is 0. The van der Waals surface area contributed by atoms with Crippen LogP contribution in [0.4, 0.5) is 0 Å². The van der Waals surface area contributed by atoms with Crippen LogP contribution < -0.4 is 0 Å². The molecule has 0 heterocycles. The van der Waals surface area contributed by atoms with Gasteiger partial charge in [-0.2, -0.15) is 0 Å². The molecule has 3 N–H and O–H groups in total. The number of benzene rings is 1. The van der Waals surface area contributed by atoms with E-state index in [0.29, 0.717) is 19.4 Å². The van der Waals surface area contributed by atoms with Gasteiger partial charge in [0.2, 0.25) is 0 Å². The average Bonchev–Trinajstić information content (AvgIpc) is 3.11. The lowest BCUT2D eigenvalue weighted by atomic mass is 9.45. The molecule has 0 saturated heterocycles. The number of aryl methyl sites for hydroxylation is 1. The summed E-state index contributed by atoms with van der Waals surface area (Å²) in [6.45, 7) is 8.19. The number of Topliss-reactive ketones (excluding diaryl/α,β-unsaturated/α-hetero) is 1. The summed E-state index contributed by atoms with van der Waals surface area (Å²) in [5.41, 5.74) is 1.67. The molecule has 6 nitrogen and oxygen atoms in total. The van der Waals surface area contributed by atoms with Gasteiger partial charge in [-0.25, -0.2) is 0 Å². The second-order valence-electron chi connectivity index (χ2n) is 12.0. The predicted octanol–water partition coefficient (Wildman–Crippen LogP) is 4.12. The molecule has 0 spiro atoms. The Bertz CT molecular complexity index is 1140. The summed E-state index contributed by atoms with van der Waals surface area (Å²) >= 11 is 0. The first-order valence-corrected chi connectivity index (χ1v) is 13.3. The molecule has 0 bridgehead atoms. The number of rotatable bonds is 5. The van der Waals surface area contributed by atoms with Crippen LogP contribution in [0.25, 0.3) is 0 Å². The summed E-state index contributed by atoms with van der Waals surface area (Å²) < 4.78 is 0. The second-order valence-corrected chi connectivity index (χ2v) is 12.0. The lowest BCUT2D eigenvalue weighted by Crippen LogP contribution is -2.62. The van der Waals surface area contributed by atoms with E-state index >= 15 is 0 Å². The molecule has 0 radical (unpaired) electrons. The number of aliphatic hydroxyl groups is 3. The van der Waals surface area contributed by atoms with Crippen molar-refractivity contribution in [3.8, 4) is 0 Å². The number of carbonyl (C=O) groups is 1. The van der Waals surface area contributed by atoms with E-state index in [9.17, 15) is 20.1 Å². The minimum absolute atomic E-state index is 0.00436. The zero-order valence-corrected chi connectivity index (χ0v) is 21.8. The van der Waals surface area contributed by atoms with Crippen molar-refractivity contribution in [2.45, 2.75) is 71.7 Å². The van der Waals surface area contributed by atoms with Crippen LogP contribution >= 0.6 is 0 Å². The summed E-state index contributed by atoms with van der Waals surface area (Å²) in [6.07, 6.45) is 7.97. The maximum atomic E-state index is 12.6. The largest absolute Gasteiger partial charge is 0.393 e. The van der Waals surface area contributed by atoms with Gasteiger partial charge < -0.3 is 20.2 Å². The van der Waals surface area contributed by atoms with Crippen molar-refractivity contribution in [1.82, 2.24) is 0 Å². The summed E-state index contributed by atoms with van der Waals surface area (Å²) in [6, 6.07) is 8.11. The number of fused-ring (bicyclic) bond motifs is 5. The Morgan fingerprint density at radius 2 is 2.00 bits per heavy atom. The highest BCUT2D eigenvalue weighted by atomic mass is 16.6. The molecule has 4 aliphatic carbocycles. The summed E-state index contributed by atoms with van der Waals surface area (Å²) in [5.74, 6) is 0.0396. The molecule has 0 unspecified atom stereocenters. The van der Waals surface area contributed by atoms with Crippen LogP contribution in [0.1, 0.15) is 57.6 Å². The third-order valence-electron chi connectivity index (χ3n) is 10.2. The fourth-order valence-electron chi connectivity index (χ4n) is 8.36. The summed E-state index contributed by atoms with van der Waals surface area (Å²) in [4.78, 5) is 18.3. The monoisotopic (exact) mass is 493 g/mol. The Hall–Kier alpha value is -2.28. The number of nitrogens with zero attached hydrogens (tertiary/aromatic N) is 1. The minimum Gasteiger partial charge on any atom is -0.393 e. The van der Waals surface area contributed by atoms with E-state index in [-0.39, 0.29) is 29.1 Å². The van der Waals surface area contributed by atoms with Crippen LogP contribution in [0.15, 0.2) is 53.2 Å². The van der Waals surface area contributed by atoms with Crippen LogP contribution in [0.2, 0.25) is 0 Å². The van der Waals surface area contributed by atoms with E-state index in [1.165, 1.54) is 11.1 Å². The molecule has 5 rings (SSSR count). The molecule has 0 aromatic heterocycles. The zero-order chi connectivity index (χ0) is 25.9. The van der Waals surface area contributed by atoms with Crippen LogP contribution in [0, 0.1) is 41.4 Å². The average molecular weight is 494 g/mol. The van der Waals surface area contributed by atoms with Gasteiger partial charge in [-0.1, -0.05) is 61.8 Å². The number of aliphatic hydroxyl groups excluding tert-OH is 2. The quantitative estimate of drug-likeness (QED) is 0.536. The Balaban J connectivity index is 1.41. The van der Waals surface area contributed by atoms with Crippen molar-refractivity contribution in [3.63, 3.8) is 0 Å². The van der Waals surface area contributed by atoms with E-state index in [4.69, 9.17) is 4.84 Å². The lowest BCUT2D eigenvalue weighted by molar-refractivity contribution is -0.180. The van der Waals surface area contributed by atoms with Crippen LogP contribution in [-0.4, -0.2) is 45.1 Å². The molecule has 3 saturated carbocycles. The number of oxime groups is 1. The number of allylic oxidation sites excluding steroid dienone is 4. The minimum atomic E-state index is -1.57. The van der Waals surface area contributed by atoms with Crippen molar-refractivity contribution in [1.29, 1.82) is 0 Å². The summed E-state index contributed by atoms with van der Waals surface area (Å²) in [5, 5.41) is 36.9. The fourth-order valence-corrected chi connectivity index (χ4v) is 8.36. The predicted molar refractivity (Wildman–Crippen MR) is 138 cm³/mol. The van der Waals surface area contributed by atoms with E-state index in [1.54, 1.807) is 0 Å². The normalized spacial score (nSPS) is 42.4. The van der Waals surface area contributed by atoms with Gasteiger partial charge in [0.1, 0.15) is 24.5 Å². The number of ketones is 1. The number of hydrogen-bond donors (Lipinski definition) is 3. The number of hydrogen-bond acceptors (Lipinski definition) is 6. The maximum Gasteiger partial charge on any atom is 0.190 e. The Morgan fingerprint density at radius 1 is 1.25 bits per heavy atom. The Labute approximate surface area is 213 Å². The maximum absolute atomic E-state index is 12.6. The molecular formula is C30H39NO5. The fraction of sp³-hybridized carbons (Fsp3) is 0.600. The lowest BCUT2D eigenvalue weighted by Gasteiger charge is -2.60. The smallest absolute Gasteiger partial charge is 0.190 e. The van der Waals surface area contributed by atoms with E-state index in [1.807, 2.05) is 31.2 Å². The van der Waals surface area contributed by atoms with Crippen LogP contribution in [0.5, 0.6) is 0 Å². The SMILES string of the molecule is Cc1ccccc1CO/N=C1\C=C[C@@]2(C)C(=C1)[C@@H](C)C[C@@H]1[C@@H]2[C@@H](O)C[C@@]2(C)[C@H]1CC[C@]2(O)C(=O)CO. The van der Waals surface area contributed by atoms with Crippen LogP contribution in [-0.2, 0) is 16.2 Å². The Morgan fingerprint density at radius 3 is 2.72 bits per heavy atom. The van der Waals surface area contributed by atoms with E-state index < -0.39 is 29.5 Å². The topological polar surface area (TPSA) is 99.4 Å². The van der Waals surface area contributed by atoms with Crippen LogP contribution in [0.3, 0.4) is 0 Å². The van der Waals surface area contributed by atoms with Crippen molar-refractivity contribution in [2.24, 2.45) is 39.7 Å². The highest BCUT2D eigenvalue weighted by Gasteiger charge is 2.68. The molecular weight excluding hydrogens is 454 g/mol. The zero-order valence-electron chi connectivity index (χ0n) is 21.8. The highest BCUT2D eigenvalue weighted by Crippen LogP contribution is 2.67.